The van der Waals surface area contributed by atoms with Crippen molar-refractivity contribution in [2.45, 2.75) is 42.3 Å². The van der Waals surface area contributed by atoms with Gasteiger partial charge in [0.25, 0.3) is 5.91 Å². The molecule has 3 heterocycles. The molecule has 178 valence electrons. The lowest BCUT2D eigenvalue weighted by Crippen LogP contribution is -2.46. The minimum Gasteiger partial charge on any atom is -0.352 e. The van der Waals surface area contributed by atoms with Gasteiger partial charge in [0.2, 0.25) is 15.8 Å². The highest BCUT2D eigenvalue weighted by atomic mass is 32.2. The van der Waals surface area contributed by atoms with Gasteiger partial charge in [-0.05, 0) is 69.2 Å². The third-order valence-corrected chi connectivity index (χ3v) is 9.21. The fourth-order valence-electron chi connectivity index (χ4n) is 3.54. The molecule has 1 aliphatic heterocycles. The van der Waals surface area contributed by atoms with E-state index >= 15 is 0 Å². The minimum atomic E-state index is -3.63. The fraction of sp³-hybridized carbons (Fsp3) is 0.304. The van der Waals surface area contributed by atoms with Crippen LogP contribution >= 0.6 is 11.3 Å². The number of aryl methyl sites for hydroxylation is 2. The second-order valence-corrected chi connectivity index (χ2v) is 11.8. The SMILES string of the molecule is Cc1ccc(S(=O)(=O)c2ccc(-c3ccnc(NCCN4C(=O)NC(=O)C4(C)C)n3)s2)cc1C. The molecule has 9 nitrogen and oxygen atoms in total. The number of aromatic nitrogens is 2. The van der Waals surface area contributed by atoms with Crippen molar-refractivity contribution < 1.29 is 18.0 Å². The zero-order valence-electron chi connectivity index (χ0n) is 19.2. The lowest BCUT2D eigenvalue weighted by molar-refractivity contribution is -0.125. The molecule has 0 bridgehead atoms. The van der Waals surface area contributed by atoms with E-state index in [-0.39, 0.29) is 21.6 Å². The summed E-state index contributed by atoms with van der Waals surface area (Å²) in [5, 5.41) is 5.37. The molecule has 1 aromatic carbocycles. The Morgan fingerprint density at radius 3 is 2.53 bits per heavy atom. The molecule has 0 unspecified atom stereocenters. The summed E-state index contributed by atoms with van der Waals surface area (Å²) in [6, 6.07) is 9.72. The summed E-state index contributed by atoms with van der Waals surface area (Å²) < 4.78 is 26.4. The van der Waals surface area contributed by atoms with Crippen LogP contribution in [0.2, 0.25) is 0 Å². The smallest absolute Gasteiger partial charge is 0.325 e. The predicted molar refractivity (Wildman–Crippen MR) is 130 cm³/mol. The van der Waals surface area contributed by atoms with Crippen LogP contribution < -0.4 is 10.6 Å². The normalized spacial score (nSPS) is 15.5. The van der Waals surface area contributed by atoms with Gasteiger partial charge < -0.3 is 10.2 Å². The maximum atomic E-state index is 13.1. The number of nitrogens with one attached hydrogen (secondary N) is 2. The van der Waals surface area contributed by atoms with Gasteiger partial charge in [-0.3, -0.25) is 10.1 Å². The number of sulfone groups is 1. The van der Waals surface area contributed by atoms with E-state index in [2.05, 4.69) is 20.6 Å². The van der Waals surface area contributed by atoms with Crippen LogP contribution in [0.1, 0.15) is 25.0 Å². The molecule has 0 radical (unpaired) electrons. The highest BCUT2D eigenvalue weighted by Crippen LogP contribution is 2.33. The number of carbonyl (C=O) groups excluding carboxylic acids is 2. The topological polar surface area (TPSA) is 121 Å². The second kappa shape index (κ2) is 8.80. The number of hydrogen-bond donors (Lipinski definition) is 2. The number of nitrogens with zero attached hydrogens (tertiary/aromatic N) is 3. The summed E-state index contributed by atoms with van der Waals surface area (Å²) in [6.45, 7) is 7.82. The third-order valence-electron chi connectivity index (χ3n) is 5.86. The first-order chi connectivity index (χ1) is 16.0. The van der Waals surface area contributed by atoms with Gasteiger partial charge in [0.05, 0.1) is 15.5 Å². The van der Waals surface area contributed by atoms with Gasteiger partial charge >= 0.3 is 6.03 Å². The molecule has 3 aromatic rings. The minimum absolute atomic E-state index is 0.241. The first-order valence-electron chi connectivity index (χ1n) is 10.6. The number of rotatable bonds is 7. The Bertz CT molecular complexity index is 1380. The molecule has 2 aromatic heterocycles. The van der Waals surface area contributed by atoms with Crippen molar-refractivity contribution in [3.63, 3.8) is 0 Å². The lowest BCUT2D eigenvalue weighted by atomic mass is 10.0. The van der Waals surface area contributed by atoms with Crippen LogP contribution in [0, 0.1) is 13.8 Å². The Labute approximate surface area is 202 Å². The summed E-state index contributed by atoms with van der Waals surface area (Å²) in [4.78, 5) is 35.0. The van der Waals surface area contributed by atoms with Crippen LogP contribution in [-0.2, 0) is 14.6 Å². The quantitative estimate of drug-likeness (QED) is 0.478. The van der Waals surface area contributed by atoms with E-state index in [4.69, 9.17) is 0 Å². The molecular formula is C23H25N5O4S2. The van der Waals surface area contributed by atoms with Crippen molar-refractivity contribution in [1.82, 2.24) is 20.2 Å². The molecule has 1 saturated heterocycles. The van der Waals surface area contributed by atoms with Crippen LogP contribution in [0.5, 0.6) is 0 Å². The Kier molecular flexibility index (Phi) is 6.17. The van der Waals surface area contributed by atoms with Gasteiger partial charge in [-0.15, -0.1) is 11.3 Å². The van der Waals surface area contributed by atoms with Crippen molar-refractivity contribution in [2.75, 3.05) is 18.4 Å². The van der Waals surface area contributed by atoms with E-state index in [1.165, 1.54) is 4.90 Å². The summed E-state index contributed by atoms with van der Waals surface area (Å²) in [5.74, 6) is 0.00759. The van der Waals surface area contributed by atoms with Gasteiger partial charge in [0.1, 0.15) is 9.75 Å². The van der Waals surface area contributed by atoms with E-state index in [0.29, 0.717) is 23.1 Å². The number of anilines is 1. The predicted octanol–water partition coefficient (Wildman–Crippen LogP) is 3.40. The lowest BCUT2D eigenvalue weighted by Gasteiger charge is -2.27. The van der Waals surface area contributed by atoms with Crippen LogP contribution in [0.15, 0.2) is 51.7 Å². The van der Waals surface area contributed by atoms with Crippen LogP contribution in [0.4, 0.5) is 10.7 Å². The fourth-order valence-corrected chi connectivity index (χ4v) is 6.30. The zero-order chi connectivity index (χ0) is 24.7. The molecular weight excluding hydrogens is 474 g/mol. The van der Waals surface area contributed by atoms with Crippen LogP contribution in [-0.4, -0.2) is 53.9 Å². The van der Waals surface area contributed by atoms with Gasteiger partial charge in [-0.25, -0.2) is 23.2 Å². The number of amides is 3. The van der Waals surface area contributed by atoms with Gasteiger partial charge in [0.15, 0.2) is 0 Å². The van der Waals surface area contributed by atoms with Gasteiger partial charge in [-0.2, -0.15) is 0 Å². The molecule has 34 heavy (non-hydrogen) atoms. The van der Waals surface area contributed by atoms with Crippen molar-refractivity contribution in [3.05, 3.63) is 53.7 Å². The number of thiophene rings is 1. The Hall–Kier alpha value is -3.31. The molecule has 1 fully saturated rings. The van der Waals surface area contributed by atoms with E-state index in [1.807, 2.05) is 19.9 Å². The molecule has 2 N–H and O–H groups in total. The number of urea groups is 1. The van der Waals surface area contributed by atoms with Crippen molar-refractivity contribution >= 4 is 39.1 Å². The number of benzene rings is 1. The molecule has 0 aliphatic carbocycles. The largest absolute Gasteiger partial charge is 0.352 e. The van der Waals surface area contributed by atoms with Gasteiger partial charge in [0, 0.05) is 19.3 Å². The van der Waals surface area contributed by atoms with E-state index in [1.54, 1.807) is 50.4 Å². The molecule has 0 spiro atoms. The highest BCUT2D eigenvalue weighted by molar-refractivity contribution is 7.93. The van der Waals surface area contributed by atoms with Gasteiger partial charge in [-0.1, -0.05) is 6.07 Å². The monoisotopic (exact) mass is 499 g/mol. The van der Waals surface area contributed by atoms with Crippen LogP contribution in [0.25, 0.3) is 10.6 Å². The average molecular weight is 500 g/mol. The van der Waals surface area contributed by atoms with E-state index in [9.17, 15) is 18.0 Å². The number of carbonyl (C=O) groups is 2. The van der Waals surface area contributed by atoms with Crippen LogP contribution in [0.3, 0.4) is 0 Å². The third kappa shape index (κ3) is 4.40. The zero-order valence-corrected chi connectivity index (χ0v) is 20.9. The summed E-state index contributed by atoms with van der Waals surface area (Å²) in [5.41, 5.74) is 1.62. The number of hydrogen-bond acceptors (Lipinski definition) is 8. The van der Waals surface area contributed by atoms with E-state index in [0.717, 1.165) is 22.5 Å². The highest BCUT2D eigenvalue weighted by Gasteiger charge is 2.45. The summed E-state index contributed by atoms with van der Waals surface area (Å²) >= 11 is 1.15. The summed E-state index contributed by atoms with van der Waals surface area (Å²) in [6.07, 6.45) is 1.58. The Balaban J connectivity index is 1.48. The molecule has 1 aliphatic rings. The maximum Gasteiger partial charge on any atom is 0.325 e. The Morgan fingerprint density at radius 2 is 1.85 bits per heavy atom. The van der Waals surface area contributed by atoms with E-state index < -0.39 is 21.4 Å². The maximum absolute atomic E-state index is 13.1. The number of imide groups is 1. The molecule has 3 amide bonds. The first-order valence-corrected chi connectivity index (χ1v) is 12.9. The average Bonchev–Trinajstić information content (AvgIpc) is 3.36. The first kappa shape index (κ1) is 23.8. The van der Waals surface area contributed by atoms with Crippen molar-refractivity contribution in [1.29, 1.82) is 0 Å². The van der Waals surface area contributed by atoms with Crippen molar-refractivity contribution in [2.24, 2.45) is 0 Å². The van der Waals surface area contributed by atoms with Crippen molar-refractivity contribution in [3.8, 4) is 10.6 Å². The second-order valence-electron chi connectivity index (χ2n) is 8.53. The molecule has 4 rings (SSSR count). The molecule has 0 saturated carbocycles. The summed E-state index contributed by atoms with van der Waals surface area (Å²) in [7, 11) is -3.63. The molecule has 0 atom stereocenters. The standard InChI is InChI=1S/C23H25N5O4S2/c1-14-5-6-16(13-15(14)2)34(31,32)19-8-7-18(33-19)17-9-10-24-21(26-17)25-11-12-28-22(30)27-20(29)23(28,3)4/h5-10,13H,11-12H2,1-4H3,(H,24,25,26)(H,27,29,30). The molecule has 11 heteroatoms. The Morgan fingerprint density at radius 1 is 1.09 bits per heavy atom.